The summed E-state index contributed by atoms with van der Waals surface area (Å²) in [5, 5.41) is 0. The van der Waals surface area contributed by atoms with Crippen molar-refractivity contribution in [2.45, 2.75) is 11.8 Å². The van der Waals surface area contributed by atoms with Crippen molar-refractivity contribution in [1.29, 1.82) is 0 Å². The first-order valence-corrected chi connectivity index (χ1v) is 9.36. The van der Waals surface area contributed by atoms with Crippen molar-refractivity contribution >= 4 is 28.5 Å². The van der Waals surface area contributed by atoms with Crippen LogP contribution in [-0.4, -0.2) is 17.1 Å². The van der Waals surface area contributed by atoms with Crippen LogP contribution in [0.25, 0.3) is 17.7 Å². The largest absolute Gasteiger partial charge is 0.490 e. The number of benzene rings is 2. The van der Waals surface area contributed by atoms with Crippen LogP contribution in [0.3, 0.4) is 0 Å². The Morgan fingerprint density at radius 2 is 1.92 bits per heavy atom. The van der Waals surface area contributed by atoms with Gasteiger partial charge in [-0.3, -0.25) is 4.21 Å². The van der Waals surface area contributed by atoms with Crippen molar-refractivity contribution in [2.75, 3.05) is 12.9 Å². The van der Waals surface area contributed by atoms with Gasteiger partial charge in [0.15, 0.2) is 0 Å². The molecule has 1 aliphatic carbocycles. The van der Waals surface area contributed by atoms with Gasteiger partial charge >= 0.3 is 0 Å². The molecule has 0 spiro atoms. The lowest BCUT2D eigenvalue weighted by molar-refractivity contribution is 0.363. The van der Waals surface area contributed by atoms with Gasteiger partial charge in [-0.15, -0.1) is 0 Å². The van der Waals surface area contributed by atoms with Gasteiger partial charge in [-0.2, -0.15) is 0 Å². The Kier molecular flexibility index (Phi) is 4.81. The van der Waals surface area contributed by atoms with E-state index < -0.39 is 10.8 Å². The third-order valence-corrected chi connectivity index (χ3v) is 4.94. The predicted molar refractivity (Wildman–Crippen MR) is 102 cm³/mol. The van der Waals surface area contributed by atoms with Crippen LogP contribution in [0.2, 0.25) is 0 Å². The lowest BCUT2D eigenvalue weighted by Gasteiger charge is -2.08. The maximum atomic E-state index is 11.5. The fourth-order valence-electron chi connectivity index (χ4n) is 2.79. The number of rotatable bonds is 5. The first-order valence-electron chi connectivity index (χ1n) is 7.80. The van der Waals surface area contributed by atoms with E-state index in [0.29, 0.717) is 6.61 Å². The van der Waals surface area contributed by atoms with Gasteiger partial charge in [0.05, 0.1) is 0 Å². The second-order valence-corrected chi connectivity index (χ2v) is 7.14. The maximum Gasteiger partial charge on any atom is 0.120 e. The van der Waals surface area contributed by atoms with Crippen LogP contribution in [0, 0.1) is 0 Å². The third-order valence-electron chi connectivity index (χ3n) is 4.00. The molecule has 2 aromatic rings. The Balaban J connectivity index is 1.92. The van der Waals surface area contributed by atoms with Crippen LogP contribution in [0.15, 0.2) is 65.6 Å². The molecule has 0 fully saturated rings. The molecular formula is C21H20O2S. The summed E-state index contributed by atoms with van der Waals surface area (Å²) in [6, 6.07) is 14.0. The molecular weight excluding hydrogens is 316 g/mol. The minimum Gasteiger partial charge on any atom is -0.490 e. The molecule has 1 atom stereocenters. The van der Waals surface area contributed by atoms with E-state index in [1.54, 1.807) is 12.3 Å². The van der Waals surface area contributed by atoms with Crippen LogP contribution in [0.4, 0.5) is 0 Å². The molecule has 122 valence electrons. The number of hydrogen-bond donors (Lipinski definition) is 0. The molecule has 0 amide bonds. The molecule has 0 radical (unpaired) electrons. The zero-order valence-corrected chi connectivity index (χ0v) is 14.7. The number of hydrogen-bond acceptors (Lipinski definition) is 2. The molecule has 24 heavy (non-hydrogen) atoms. The second-order valence-electron chi connectivity index (χ2n) is 5.76. The first kappa shape index (κ1) is 16.5. The van der Waals surface area contributed by atoms with Crippen molar-refractivity contribution < 1.29 is 8.95 Å². The van der Waals surface area contributed by atoms with E-state index in [1.807, 2.05) is 30.3 Å². The van der Waals surface area contributed by atoms with Crippen molar-refractivity contribution in [3.8, 4) is 5.75 Å². The molecule has 0 saturated heterocycles. The van der Waals surface area contributed by atoms with Gasteiger partial charge in [0.2, 0.25) is 0 Å². The quantitative estimate of drug-likeness (QED) is 0.722. The van der Waals surface area contributed by atoms with Crippen molar-refractivity contribution in [3.63, 3.8) is 0 Å². The van der Waals surface area contributed by atoms with Crippen LogP contribution < -0.4 is 4.74 Å². The van der Waals surface area contributed by atoms with Crippen LogP contribution >= 0.6 is 0 Å². The SMILES string of the molecule is C=CCOc1ccc2c(c1)C=C(C)/C2=C\c1ccc(S(C)=O)cc1. The standard InChI is InChI=1S/C21H20O2S/c1-4-11-23-18-7-10-20-17(14-18)12-15(2)21(20)13-16-5-8-19(9-6-16)24(3)22/h4-10,12-14H,1,11H2,2-3H3/b21-13+. The van der Waals surface area contributed by atoms with E-state index in [0.717, 1.165) is 16.2 Å². The summed E-state index contributed by atoms with van der Waals surface area (Å²) in [5.41, 5.74) is 5.93. The predicted octanol–water partition coefficient (Wildman–Crippen LogP) is 4.95. The summed E-state index contributed by atoms with van der Waals surface area (Å²) in [7, 11) is -0.943. The van der Waals surface area contributed by atoms with Gasteiger partial charge in [0.1, 0.15) is 12.4 Å². The highest BCUT2D eigenvalue weighted by Gasteiger charge is 2.16. The monoisotopic (exact) mass is 336 g/mol. The third kappa shape index (κ3) is 3.41. The lowest BCUT2D eigenvalue weighted by Crippen LogP contribution is -1.93. The summed E-state index contributed by atoms with van der Waals surface area (Å²) in [6.07, 6.45) is 7.79. The summed E-state index contributed by atoms with van der Waals surface area (Å²) in [6.45, 7) is 6.30. The fraction of sp³-hybridized carbons (Fsp3) is 0.143. The highest BCUT2D eigenvalue weighted by atomic mass is 32.2. The minimum atomic E-state index is -0.943. The number of allylic oxidation sites excluding steroid dienone is 2. The number of fused-ring (bicyclic) bond motifs is 1. The van der Waals surface area contributed by atoms with Crippen molar-refractivity contribution in [2.24, 2.45) is 0 Å². The molecule has 0 saturated carbocycles. The molecule has 3 rings (SSSR count). The summed E-state index contributed by atoms with van der Waals surface area (Å²) in [5.74, 6) is 0.855. The average Bonchev–Trinajstić information content (AvgIpc) is 2.88. The van der Waals surface area contributed by atoms with E-state index in [2.05, 4.69) is 37.8 Å². The summed E-state index contributed by atoms with van der Waals surface area (Å²) >= 11 is 0. The van der Waals surface area contributed by atoms with Crippen LogP contribution in [-0.2, 0) is 10.8 Å². The van der Waals surface area contributed by atoms with E-state index in [9.17, 15) is 4.21 Å². The molecule has 0 aromatic heterocycles. The Bertz CT molecular complexity index is 858. The van der Waals surface area contributed by atoms with E-state index >= 15 is 0 Å². The molecule has 0 N–H and O–H groups in total. The second kappa shape index (κ2) is 7.02. The zero-order chi connectivity index (χ0) is 17.1. The average molecular weight is 336 g/mol. The molecule has 3 heteroatoms. The summed E-state index contributed by atoms with van der Waals surface area (Å²) < 4.78 is 17.1. The molecule has 1 aliphatic rings. The normalized spacial score (nSPS) is 15.8. The maximum absolute atomic E-state index is 11.5. The van der Waals surface area contributed by atoms with Gasteiger partial charge < -0.3 is 4.74 Å². The molecule has 1 unspecified atom stereocenters. The van der Waals surface area contributed by atoms with Gasteiger partial charge in [-0.25, -0.2) is 0 Å². The molecule has 2 aromatic carbocycles. The van der Waals surface area contributed by atoms with Crippen molar-refractivity contribution in [3.05, 3.63) is 77.4 Å². The summed E-state index contributed by atoms with van der Waals surface area (Å²) in [4.78, 5) is 0.847. The molecule has 0 heterocycles. The molecule has 0 aliphatic heterocycles. The molecule has 2 nitrogen and oxygen atoms in total. The topological polar surface area (TPSA) is 26.3 Å². The van der Waals surface area contributed by atoms with E-state index in [4.69, 9.17) is 4.74 Å². The first-order chi connectivity index (χ1) is 11.6. The lowest BCUT2D eigenvalue weighted by atomic mass is 10.0. The van der Waals surface area contributed by atoms with Gasteiger partial charge in [-0.1, -0.05) is 36.9 Å². The number of ether oxygens (including phenoxy) is 1. The highest BCUT2D eigenvalue weighted by molar-refractivity contribution is 7.84. The van der Waals surface area contributed by atoms with Crippen LogP contribution in [0.1, 0.15) is 23.6 Å². The minimum absolute atomic E-state index is 0.509. The van der Waals surface area contributed by atoms with E-state index in [-0.39, 0.29) is 0 Å². The fourth-order valence-corrected chi connectivity index (χ4v) is 3.31. The Morgan fingerprint density at radius 1 is 1.17 bits per heavy atom. The van der Waals surface area contributed by atoms with E-state index in [1.165, 1.54) is 22.3 Å². The van der Waals surface area contributed by atoms with Gasteiger partial charge in [0, 0.05) is 22.0 Å². The Morgan fingerprint density at radius 3 is 2.58 bits per heavy atom. The Labute approximate surface area is 145 Å². The van der Waals surface area contributed by atoms with Gasteiger partial charge in [-0.05, 0) is 65.1 Å². The smallest absolute Gasteiger partial charge is 0.120 e. The van der Waals surface area contributed by atoms with Crippen LogP contribution in [0.5, 0.6) is 5.75 Å². The zero-order valence-electron chi connectivity index (χ0n) is 13.9. The van der Waals surface area contributed by atoms with Crippen molar-refractivity contribution in [1.82, 2.24) is 0 Å². The Hall–Kier alpha value is -2.39. The highest BCUT2D eigenvalue weighted by Crippen LogP contribution is 2.38. The van der Waals surface area contributed by atoms with Gasteiger partial charge in [0.25, 0.3) is 0 Å². The molecule has 0 bridgehead atoms.